The number of fused-ring (bicyclic) bond motifs is 1. The van der Waals surface area contributed by atoms with Crippen molar-refractivity contribution in [2.45, 2.75) is 13.0 Å². The van der Waals surface area contributed by atoms with Gasteiger partial charge < -0.3 is 15.4 Å². The van der Waals surface area contributed by atoms with Gasteiger partial charge in [-0.1, -0.05) is 12.1 Å². The van der Waals surface area contributed by atoms with Crippen LogP contribution in [0.15, 0.2) is 42.5 Å². The smallest absolute Gasteiger partial charge is 0.249 e. The molecule has 2 N–H and O–H groups in total. The Labute approximate surface area is 144 Å². The molecular formula is C18H18FN3O3. The number of carbonyl (C=O) groups is 2. The van der Waals surface area contributed by atoms with E-state index in [1.54, 1.807) is 31.2 Å². The minimum absolute atomic E-state index is 0.0470. The van der Waals surface area contributed by atoms with E-state index in [4.69, 9.17) is 4.74 Å². The fraction of sp³-hybridized carbons (Fsp3) is 0.222. The molecule has 3 rings (SSSR count). The highest BCUT2D eigenvalue weighted by molar-refractivity contribution is 6.11. The van der Waals surface area contributed by atoms with Gasteiger partial charge in [-0.25, -0.2) is 4.39 Å². The molecule has 6 nitrogen and oxygen atoms in total. The van der Waals surface area contributed by atoms with Crippen molar-refractivity contribution in [3.63, 3.8) is 0 Å². The van der Waals surface area contributed by atoms with Crippen LogP contribution >= 0.6 is 0 Å². The molecule has 0 saturated heterocycles. The third-order valence-electron chi connectivity index (χ3n) is 3.94. The fourth-order valence-electron chi connectivity index (χ4n) is 2.72. The lowest BCUT2D eigenvalue weighted by molar-refractivity contribution is -0.122. The molecule has 0 bridgehead atoms. The van der Waals surface area contributed by atoms with E-state index in [1.165, 1.54) is 30.2 Å². The van der Waals surface area contributed by atoms with Gasteiger partial charge in [-0.15, -0.1) is 0 Å². The van der Waals surface area contributed by atoms with Gasteiger partial charge in [-0.2, -0.15) is 0 Å². The maximum absolute atomic E-state index is 13.5. The zero-order chi connectivity index (χ0) is 18.0. The molecule has 7 heteroatoms. The van der Waals surface area contributed by atoms with E-state index in [-0.39, 0.29) is 24.1 Å². The van der Waals surface area contributed by atoms with Crippen molar-refractivity contribution in [3.05, 3.63) is 48.3 Å². The third-order valence-corrected chi connectivity index (χ3v) is 3.94. The zero-order valence-electron chi connectivity index (χ0n) is 13.9. The van der Waals surface area contributed by atoms with Crippen molar-refractivity contribution in [2.75, 3.05) is 29.2 Å². The van der Waals surface area contributed by atoms with Crippen LogP contribution in [0.4, 0.5) is 21.5 Å². The Kier molecular flexibility index (Phi) is 4.56. The van der Waals surface area contributed by atoms with Gasteiger partial charge in [0.2, 0.25) is 11.8 Å². The Morgan fingerprint density at radius 3 is 2.84 bits per heavy atom. The first kappa shape index (κ1) is 16.8. The van der Waals surface area contributed by atoms with Crippen LogP contribution < -0.4 is 20.3 Å². The summed E-state index contributed by atoms with van der Waals surface area (Å²) in [6.45, 7) is 1.64. The maximum Gasteiger partial charge on any atom is 0.249 e. The summed E-state index contributed by atoms with van der Waals surface area (Å²) in [5.74, 6) is -0.894. The average Bonchev–Trinajstić information content (AvgIpc) is 2.61. The van der Waals surface area contributed by atoms with E-state index < -0.39 is 11.9 Å². The van der Waals surface area contributed by atoms with Gasteiger partial charge in [-0.05, 0) is 31.2 Å². The van der Waals surface area contributed by atoms with E-state index in [0.29, 0.717) is 17.1 Å². The summed E-state index contributed by atoms with van der Waals surface area (Å²) >= 11 is 0. The SMILES string of the molecule is COc1cc(NC(C)C(=O)N2CC(=O)Nc3ccccc32)ccc1F. The molecule has 0 fully saturated rings. The number of para-hydroxylation sites is 2. The molecule has 25 heavy (non-hydrogen) atoms. The molecular weight excluding hydrogens is 325 g/mol. The number of hydrogen-bond acceptors (Lipinski definition) is 4. The Bertz CT molecular complexity index is 825. The lowest BCUT2D eigenvalue weighted by Gasteiger charge is -2.31. The summed E-state index contributed by atoms with van der Waals surface area (Å²) < 4.78 is 18.4. The molecule has 2 aromatic rings. The second-order valence-corrected chi connectivity index (χ2v) is 5.71. The van der Waals surface area contributed by atoms with Crippen LogP contribution in [0.25, 0.3) is 0 Å². The van der Waals surface area contributed by atoms with E-state index in [0.717, 1.165) is 0 Å². The highest BCUT2D eigenvalue weighted by atomic mass is 19.1. The van der Waals surface area contributed by atoms with Crippen LogP contribution in [0.2, 0.25) is 0 Å². The number of hydrogen-bond donors (Lipinski definition) is 2. The number of amides is 2. The Morgan fingerprint density at radius 2 is 2.08 bits per heavy atom. The van der Waals surface area contributed by atoms with Gasteiger partial charge in [0.15, 0.2) is 11.6 Å². The van der Waals surface area contributed by atoms with Gasteiger partial charge in [0.05, 0.1) is 18.5 Å². The number of ether oxygens (including phenoxy) is 1. The molecule has 1 aliphatic rings. The third kappa shape index (κ3) is 3.40. The molecule has 1 heterocycles. The van der Waals surface area contributed by atoms with Crippen molar-refractivity contribution in [1.29, 1.82) is 0 Å². The average molecular weight is 343 g/mol. The van der Waals surface area contributed by atoms with Crippen molar-refractivity contribution >= 4 is 28.9 Å². The van der Waals surface area contributed by atoms with Gasteiger partial charge in [0.25, 0.3) is 0 Å². The molecule has 1 unspecified atom stereocenters. The minimum Gasteiger partial charge on any atom is -0.494 e. The topological polar surface area (TPSA) is 70.7 Å². The second-order valence-electron chi connectivity index (χ2n) is 5.71. The largest absolute Gasteiger partial charge is 0.494 e. The lowest BCUT2D eigenvalue weighted by atomic mass is 10.1. The van der Waals surface area contributed by atoms with Gasteiger partial charge in [0.1, 0.15) is 12.6 Å². The summed E-state index contributed by atoms with van der Waals surface area (Å²) in [5, 5.41) is 5.76. The fourth-order valence-corrected chi connectivity index (χ4v) is 2.72. The summed E-state index contributed by atoms with van der Waals surface area (Å²) in [4.78, 5) is 26.1. The monoisotopic (exact) mass is 343 g/mol. The summed E-state index contributed by atoms with van der Waals surface area (Å²) in [7, 11) is 1.38. The van der Waals surface area contributed by atoms with Crippen molar-refractivity contribution in [2.24, 2.45) is 0 Å². The number of benzene rings is 2. The number of carbonyl (C=O) groups excluding carboxylic acids is 2. The molecule has 0 spiro atoms. The number of methoxy groups -OCH3 is 1. The quantitative estimate of drug-likeness (QED) is 0.895. The molecule has 130 valence electrons. The van der Waals surface area contributed by atoms with Crippen LogP contribution in [-0.2, 0) is 9.59 Å². The highest BCUT2D eigenvalue weighted by Crippen LogP contribution is 2.30. The molecule has 0 radical (unpaired) electrons. The maximum atomic E-state index is 13.5. The number of halogens is 1. The highest BCUT2D eigenvalue weighted by Gasteiger charge is 2.29. The number of nitrogens with one attached hydrogen (secondary N) is 2. The number of rotatable bonds is 4. The normalized spacial score (nSPS) is 14.4. The standard InChI is InChI=1S/C18H18FN3O3/c1-11(20-12-7-8-13(19)16(9-12)25-2)18(24)22-10-17(23)21-14-5-3-4-6-15(14)22/h3-9,11,20H,10H2,1-2H3,(H,21,23). The molecule has 0 saturated carbocycles. The molecule has 2 amide bonds. The summed E-state index contributed by atoms with van der Waals surface area (Å²) in [6, 6.07) is 10.8. The minimum atomic E-state index is -0.617. The van der Waals surface area contributed by atoms with Crippen LogP contribution in [-0.4, -0.2) is 31.5 Å². The predicted molar refractivity (Wildman–Crippen MR) is 93.5 cm³/mol. The van der Waals surface area contributed by atoms with E-state index in [2.05, 4.69) is 10.6 Å². The molecule has 1 atom stereocenters. The van der Waals surface area contributed by atoms with Crippen LogP contribution in [0.5, 0.6) is 5.75 Å². The second kappa shape index (κ2) is 6.80. The Hall–Kier alpha value is -3.09. The van der Waals surface area contributed by atoms with E-state index in [1.807, 2.05) is 0 Å². The first-order valence-electron chi connectivity index (χ1n) is 7.80. The van der Waals surface area contributed by atoms with Crippen LogP contribution in [0, 0.1) is 5.82 Å². The summed E-state index contributed by atoms with van der Waals surface area (Å²) in [5.41, 5.74) is 1.80. The van der Waals surface area contributed by atoms with Crippen LogP contribution in [0.1, 0.15) is 6.92 Å². The van der Waals surface area contributed by atoms with Gasteiger partial charge in [0, 0.05) is 11.8 Å². The predicted octanol–water partition coefficient (Wildman–Crippen LogP) is 2.62. The Balaban J connectivity index is 1.80. The summed E-state index contributed by atoms with van der Waals surface area (Å²) in [6.07, 6.45) is 0. The molecule has 0 aromatic heterocycles. The van der Waals surface area contributed by atoms with Crippen molar-refractivity contribution in [1.82, 2.24) is 0 Å². The first-order chi connectivity index (χ1) is 12.0. The van der Waals surface area contributed by atoms with Gasteiger partial charge in [-0.3, -0.25) is 14.5 Å². The number of nitrogens with zero attached hydrogens (tertiary/aromatic N) is 1. The number of anilines is 3. The van der Waals surface area contributed by atoms with E-state index >= 15 is 0 Å². The van der Waals surface area contributed by atoms with E-state index in [9.17, 15) is 14.0 Å². The lowest BCUT2D eigenvalue weighted by Crippen LogP contribution is -2.47. The molecule has 1 aliphatic heterocycles. The molecule has 2 aromatic carbocycles. The van der Waals surface area contributed by atoms with Crippen LogP contribution in [0.3, 0.4) is 0 Å². The zero-order valence-corrected chi connectivity index (χ0v) is 13.9. The Morgan fingerprint density at radius 1 is 1.32 bits per heavy atom. The first-order valence-corrected chi connectivity index (χ1v) is 7.80. The molecule has 0 aliphatic carbocycles. The van der Waals surface area contributed by atoms with Crippen molar-refractivity contribution in [3.8, 4) is 5.75 Å². The van der Waals surface area contributed by atoms with Gasteiger partial charge >= 0.3 is 0 Å². The van der Waals surface area contributed by atoms with Crippen molar-refractivity contribution < 1.29 is 18.7 Å².